The van der Waals surface area contributed by atoms with Crippen molar-refractivity contribution in [3.05, 3.63) is 66.4 Å². The number of piperidine rings is 1. The van der Waals surface area contributed by atoms with Gasteiger partial charge in [0.25, 0.3) is 5.91 Å². The van der Waals surface area contributed by atoms with Crippen LogP contribution in [0.15, 0.2) is 60.8 Å². The number of aromatic nitrogens is 1. The van der Waals surface area contributed by atoms with Crippen molar-refractivity contribution < 1.29 is 19.4 Å². The number of amides is 2. The summed E-state index contributed by atoms with van der Waals surface area (Å²) >= 11 is 0. The quantitative estimate of drug-likeness (QED) is 0.687. The van der Waals surface area contributed by atoms with Gasteiger partial charge in [-0.2, -0.15) is 0 Å². The first-order valence-electron chi connectivity index (χ1n) is 11.0. The molecule has 0 bridgehead atoms. The first-order chi connectivity index (χ1) is 15.6. The third kappa shape index (κ3) is 4.03. The molecule has 1 aromatic heterocycles. The molecule has 5 rings (SSSR count). The zero-order valence-electron chi connectivity index (χ0n) is 17.7. The second kappa shape index (κ2) is 8.59. The number of anilines is 1. The highest BCUT2D eigenvalue weighted by molar-refractivity contribution is 5.99. The van der Waals surface area contributed by atoms with Crippen molar-refractivity contribution in [3.63, 3.8) is 0 Å². The van der Waals surface area contributed by atoms with Gasteiger partial charge in [-0.15, -0.1) is 0 Å². The predicted octanol–water partition coefficient (Wildman–Crippen LogP) is 3.02. The number of aliphatic hydroxyl groups is 1. The number of ether oxygens (including phenoxy) is 1. The zero-order valence-corrected chi connectivity index (χ0v) is 17.7. The second-order valence-corrected chi connectivity index (χ2v) is 8.32. The number of likely N-dealkylation sites (tertiary alicyclic amines) is 1. The Morgan fingerprint density at radius 1 is 1.09 bits per heavy atom. The van der Waals surface area contributed by atoms with Crippen molar-refractivity contribution >= 4 is 28.4 Å². The summed E-state index contributed by atoms with van der Waals surface area (Å²) in [5, 5.41) is 11.7. The van der Waals surface area contributed by atoms with Gasteiger partial charge in [0.05, 0.1) is 12.1 Å². The van der Waals surface area contributed by atoms with Gasteiger partial charge in [0.15, 0.2) is 0 Å². The molecule has 0 unspecified atom stereocenters. The van der Waals surface area contributed by atoms with Crippen LogP contribution in [0.25, 0.3) is 10.9 Å². The molecule has 2 aliphatic rings. The number of hydrogen-bond donors (Lipinski definition) is 1. The van der Waals surface area contributed by atoms with Crippen LogP contribution in [0.5, 0.6) is 5.75 Å². The molecule has 2 aliphatic heterocycles. The molecule has 2 atom stereocenters. The summed E-state index contributed by atoms with van der Waals surface area (Å²) in [6.45, 7) is 1.36. The molecule has 32 heavy (non-hydrogen) atoms. The summed E-state index contributed by atoms with van der Waals surface area (Å²) in [6, 6.07) is 16.7. The van der Waals surface area contributed by atoms with E-state index < -0.39 is 12.2 Å². The van der Waals surface area contributed by atoms with Gasteiger partial charge in [0.2, 0.25) is 5.91 Å². The SMILES string of the molecule is O=C(c1cccc(N2CCCC2=O)c1)N1CC[C@@H](Oc2ccc3cccnc3c2)[C@H](O)C1. The summed E-state index contributed by atoms with van der Waals surface area (Å²) < 4.78 is 6.04. The molecule has 0 saturated carbocycles. The van der Waals surface area contributed by atoms with Crippen LogP contribution in [0.2, 0.25) is 0 Å². The molecule has 0 spiro atoms. The lowest BCUT2D eigenvalue weighted by Crippen LogP contribution is -2.51. The largest absolute Gasteiger partial charge is 0.488 e. The molecule has 2 saturated heterocycles. The Kier molecular flexibility index (Phi) is 5.49. The van der Waals surface area contributed by atoms with Gasteiger partial charge in [0, 0.05) is 54.8 Å². The fourth-order valence-electron chi connectivity index (χ4n) is 4.44. The number of carbonyl (C=O) groups excluding carboxylic acids is 2. The maximum absolute atomic E-state index is 13.1. The Morgan fingerprint density at radius 3 is 2.81 bits per heavy atom. The number of fused-ring (bicyclic) bond motifs is 1. The molecule has 0 radical (unpaired) electrons. The van der Waals surface area contributed by atoms with Gasteiger partial charge in [-0.25, -0.2) is 0 Å². The Hall–Kier alpha value is -3.45. The number of β-amino-alcohol motifs (C(OH)–C–C–N with tert-alkyl or cyclic N) is 1. The van der Waals surface area contributed by atoms with Gasteiger partial charge >= 0.3 is 0 Å². The normalized spacial score (nSPS) is 21.2. The number of hydrogen-bond acceptors (Lipinski definition) is 5. The maximum atomic E-state index is 13.1. The molecule has 0 aliphatic carbocycles. The highest BCUT2D eigenvalue weighted by atomic mass is 16.5. The first-order valence-corrected chi connectivity index (χ1v) is 11.0. The molecule has 3 heterocycles. The molecular weight excluding hydrogens is 406 g/mol. The molecule has 2 fully saturated rings. The lowest BCUT2D eigenvalue weighted by atomic mass is 10.0. The average molecular weight is 431 g/mol. The van der Waals surface area contributed by atoms with Gasteiger partial charge in [-0.05, 0) is 42.8 Å². The monoisotopic (exact) mass is 431 g/mol. The second-order valence-electron chi connectivity index (χ2n) is 8.32. The van der Waals surface area contributed by atoms with Crippen molar-refractivity contribution in [2.45, 2.75) is 31.5 Å². The third-order valence-electron chi connectivity index (χ3n) is 6.15. The summed E-state index contributed by atoms with van der Waals surface area (Å²) in [5.74, 6) is 0.598. The molecule has 3 aromatic rings. The molecular formula is C25H25N3O4. The van der Waals surface area contributed by atoms with Crippen LogP contribution in [0.4, 0.5) is 5.69 Å². The lowest BCUT2D eigenvalue weighted by molar-refractivity contribution is -0.117. The fourth-order valence-corrected chi connectivity index (χ4v) is 4.44. The van der Waals surface area contributed by atoms with E-state index in [2.05, 4.69) is 4.98 Å². The molecule has 164 valence electrons. The Bertz CT molecular complexity index is 1160. The molecule has 7 nitrogen and oxygen atoms in total. The molecule has 7 heteroatoms. The minimum atomic E-state index is -0.796. The van der Waals surface area contributed by atoms with Gasteiger partial charge in [-0.3, -0.25) is 14.6 Å². The standard InChI is InChI=1S/C25H25N3O4/c29-22-16-27(25(31)18-4-1-6-19(14-18)28-12-3-7-24(28)30)13-10-23(22)32-20-9-8-17-5-2-11-26-21(17)15-20/h1-2,4-6,8-9,11,14-15,22-23,29H,3,7,10,12-13,16H2/t22-,23-/m1/s1. The van der Waals surface area contributed by atoms with E-state index in [-0.39, 0.29) is 18.4 Å². The smallest absolute Gasteiger partial charge is 0.254 e. The van der Waals surface area contributed by atoms with E-state index in [0.717, 1.165) is 23.0 Å². The van der Waals surface area contributed by atoms with Crippen molar-refractivity contribution in [1.82, 2.24) is 9.88 Å². The van der Waals surface area contributed by atoms with Gasteiger partial charge < -0.3 is 19.6 Å². The highest BCUT2D eigenvalue weighted by Crippen LogP contribution is 2.26. The topological polar surface area (TPSA) is 83.0 Å². The van der Waals surface area contributed by atoms with Crippen molar-refractivity contribution in [1.29, 1.82) is 0 Å². The number of benzene rings is 2. The molecule has 2 amide bonds. The summed E-state index contributed by atoms with van der Waals surface area (Å²) in [5.41, 5.74) is 2.11. The lowest BCUT2D eigenvalue weighted by Gasteiger charge is -2.36. The van der Waals surface area contributed by atoms with Gasteiger partial charge in [0.1, 0.15) is 18.0 Å². The van der Waals surface area contributed by atoms with Crippen molar-refractivity contribution in [2.75, 3.05) is 24.5 Å². The first kappa shape index (κ1) is 20.5. The number of aliphatic hydroxyl groups excluding tert-OH is 1. The van der Waals surface area contributed by atoms with Crippen LogP contribution in [0, 0.1) is 0 Å². The zero-order chi connectivity index (χ0) is 22.1. The maximum Gasteiger partial charge on any atom is 0.254 e. The summed E-state index contributed by atoms with van der Waals surface area (Å²) in [7, 11) is 0. The van der Waals surface area contributed by atoms with Crippen LogP contribution in [-0.2, 0) is 4.79 Å². The minimum absolute atomic E-state index is 0.0897. The molecule has 1 N–H and O–H groups in total. The van der Waals surface area contributed by atoms with E-state index in [0.29, 0.717) is 37.2 Å². The Morgan fingerprint density at radius 2 is 2.00 bits per heavy atom. The minimum Gasteiger partial charge on any atom is -0.488 e. The summed E-state index contributed by atoms with van der Waals surface area (Å²) in [6.07, 6.45) is 2.45. The van der Waals surface area contributed by atoms with E-state index >= 15 is 0 Å². The van der Waals surface area contributed by atoms with E-state index in [1.807, 2.05) is 36.4 Å². The summed E-state index contributed by atoms with van der Waals surface area (Å²) in [4.78, 5) is 32.8. The van der Waals surface area contributed by atoms with Crippen LogP contribution in [-0.4, -0.2) is 58.6 Å². The number of carbonyl (C=O) groups is 2. The van der Waals surface area contributed by atoms with Crippen molar-refractivity contribution in [2.24, 2.45) is 0 Å². The highest BCUT2D eigenvalue weighted by Gasteiger charge is 2.32. The third-order valence-corrected chi connectivity index (χ3v) is 6.15. The number of pyridine rings is 1. The van der Waals surface area contributed by atoms with Crippen molar-refractivity contribution in [3.8, 4) is 5.75 Å². The van der Waals surface area contributed by atoms with E-state index in [1.165, 1.54) is 0 Å². The van der Waals surface area contributed by atoms with Crippen LogP contribution in [0.1, 0.15) is 29.6 Å². The average Bonchev–Trinajstić information content (AvgIpc) is 3.26. The van der Waals surface area contributed by atoms with E-state index in [1.54, 1.807) is 34.2 Å². The van der Waals surface area contributed by atoms with E-state index in [9.17, 15) is 14.7 Å². The predicted molar refractivity (Wildman–Crippen MR) is 121 cm³/mol. The Labute approximate surface area is 186 Å². The molecule has 2 aromatic carbocycles. The Balaban J connectivity index is 1.25. The van der Waals surface area contributed by atoms with Crippen LogP contribution < -0.4 is 9.64 Å². The van der Waals surface area contributed by atoms with E-state index in [4.69, 9.17) is 4.74 Å². The number of rotatable bonds is 4. The van der Waals surface area contributed by atoms with Crippen LogP contribution in [0.3, 0.4) is 0 Å². The fraction of sp³-hybridized carbons (Fsp3) is 0.320. The van der Waals surface area contributed by atoms with Crippen LogP contribution >= 0.6 is 0 Å². The van der Waals surface area contributed by atoms with Gasteiger partial charge in [-0.1, -0.05) is 12.1 Å². The number of nitrogens with zero attached hydrogens (tertiary/aromatic N) is 3.